The van der Waals surface area contributed by atoms with Gasteiger partial charge in [0, 0.05) is 11.8 Å². The summed E-state index contributed by atoms with van der Waals surface area (Å²) >= 11 is 0. The van der Waals surface area contributed by atoms with Gasteiger partial charge in [0.05, 0.1) is 0 Å². The number of ketones is 1. The van der Waals surface area contributed by atoms with Gasteiger partial charge in [-0.1, -0.05) is 33.3 Å². The fourth-order valence-electron chi connectivity index (χ4n) is 8.06. The molecule has 36 heavy (non-hydrogen) atoms. The number of ether oxygens (including phenoxy) is 2. The van der Waals surface area contributed by atoms with Crippen molar-refractivity contribution in [3.63, 3.8) is 0 Å². The zero-order valence-corrected chi connectivity index (χ0v) is 23.4. The van der Waals surface area contributed by atoms with Crippen molar-refractivity contribution in [1.82, 2.24) is 5.32 Å². The summed E-state index contributed by atoms with van der Waals surface area (Å²) in [6.07, 6.45) is 9.72. The summed E-state index contributed by atoms with van der Waals surface area (Å²) in [4.78, 5) is 37.9. The Bertz CT molecular complexity index is 917. The number of esters is 1. The summed E-state index contributed by atoms with van der Waals surface area (Å²) in [5, 5.41) is 2.78. The van der Waals surface area contributed by atoms with Crippen molar-refractivity contribution >= 4 is 17.8 Å². The molecule has 0 radical (unpaired) electrons. The van der Waals surface area contributed by atoms with Gasteiger partial charge in [-0.15, -0.1) is 0 Å². The van der Waals surface area contributed by atoms with Gasteiger partial charge in [0.15, 0.2) is 5.78 Å². The van der Waals surface area contributed by atoms with Crippen molar-refractivity contribution in [3.8, 4) is 0 Å². The second-order valence-electron chi connectivity index (χ2n) is 13.8. The van der Waals surface area contributed by atoms with E-state index in [4.69, 9.17) is 9.47 Å². The fraction of sp³-hybridized carbons (Fsp3) is 0.833. The summed E-state index contributed by atoms with van der Waals surface area (Å²) in [7, 11) is 0. The van der Waals surface area contributed by atoms with Crippen molar-refractivity contribution in [3.05, 3.63) is 11.6 Å². The number of alkyl carbamates (subject to hydrolysis) is 1. The molecule has 4 aliphatic carbocycles. The number of rotatable bonds is 5. The quantitative estimate of drug-likeness (QED) is 0.443. The molecule has 1 amide bonds. The number of amides is 1. The Morgan fingerprint density at radius 1 is 1.06 bits per heavy atom. The van der Waals surface area contributed by atoms with E-state index in [1.807, 2.05) is 40.7 Å². The van der Waals surface area contributed by atoms with Crippen LogP contribution in [0.15, 0.2) is 11.6 Å². The van der Waals surface area contributed by atoms with Crippen LogP contribution in [-0.4, -0.2) is 35.6 Å². The van der Waals surface area contributed by atoms with Crippen LogP contribution in [0.5, 0.6) is 0 Å². The average Bonchev–Trinajstić information content (AvgIpc) is 3.08. The summed E-state index contributed by atoms with van der Waals surface area (Å²) in [6.45, 7) is 14.2. The van der Waals surface area contributed by atoms with E-state index < -0.39 is 17.7 Å². The molecule has 0 bridgehead atoms. The highest BCUT2D eigenvalue weighted by molar-refractivity contribution is 5.91. The monoisotopic (exact) mass is 501 g/mol. The third kappa shape index (κ3) is 5.24. The molecule has 6 heteroatoms. The largest absolute Gasteiger partial charge is 0.460 e. The van der Waals surface area contributed by atoms with Gasteiger partial charge >= 0.3 is 12.1 Å². The molecule has 202 valence electrons. The van der Waals surface area contributed by atoms with E-state index >= 15 is 0 Å². The molecule has 7 atom stereocenters. The summed E-state index contributed by atoms with van der Waals surface area (Å²) in [5.74, 6) is 1.95. The Kier molecular flexibility index (Phi) is 7.40. The fourth-order valence-corrected chi connectivity index (χ4v) is 8.06. The topological polar surface area (TPSA) is 81.7 Å². The number of nitrogens with one attached hydrogen (secondary N) is 1. The van der Waals surface area contributed by atoms with Crippen molar-refractivity contribution in [2.24, 2.45) is 34.5 Å². The predicted octanol–water partition coefficient (Wildman–Crippen LogP) is 6.37. The van der Waals surface area contributed by atoms with Crippen molar-refractivity contribution in [2.45, 2.75) is 124 Å². The molecule has 3 fully saturated rings. The lowest BCUT2D eigenvalue weighted by atomic mass is 9.47. The molecule has 6 nitrogen and oxygen atoms in total. The van der Waals surface area contributed by atoms with E-state index in [0.29, 0.717) is 36.4 Å². The van der Waals surface area contributed by atoms with E-state index in [0.717, 1.165) is 44.9 Å². The van der Waals surface area contributed by atoms with Gasteiger partial charge in [0.25, 0.3) is 0 Å². The highest BCUT2D eigenvalue weighted by Gasteiger charge is 2.60. The molecule has 0 saturated heterocycles. The first-order valence-corrected chi connectivity index (χ1v) is 14.2. The summed E-state index contributed by atoms with van der Waals surface area (Å²) in [5.41, 5.74) is 0.868. The number of hydrogen-bond acceptors (Lipinski definition) is 5. The van der Waals surface area contributed by atoms with Crippen LogP contribution in [0.2, 0.25) is 0 Å². The van der Waals surface area contributed by atoms with Gasteiger partial charge in [-0.3, -0.25) is 4.79 Å². The van der Waals surface area contributed by atoms with Gasteiger partial charge in [-0.25, -0.2) is 9.59 Å². The molecule has 0 aromatic carbocycles. The normalized spacial score (nSPS) is 36.8. The number of carbonyl (C=O) groups is 3. The van der Waals surface area contributed by atoms with Crippen LogP contribution in [0.4, 0.5) is 4.79 Å². The second-order valence-corrected chi connectivity index (χ2v) is 13.8. The molecule has 0 unspecified atom stereocenters. The van der Waals surface area contributed by atoms with Crippen LogP contribution in [-0.2, 0) is 19.1 Å². The first kappa shape index (κ1) is 27.2. The molecule has 0 aliphatic heterocycles. The highest BCUT2D eigenvalue weighted by atomic mass is 16.6. The molecule has 0 heterocycles. The third-order valence-corrected chi connectivity index (χ3v) is 9.82. The highest BCUT2D eigenvalue weighted by Crippen LogP contribution is 2.65. The summed E-state index contributed by atoms with van der Waals surface area (Å²) < 4.78 is 11.6. The maximum atomic E-state index is 13.4. The molecule has 4 aliphatic rings. The Balaban J connectivity index is 1.46. The standard InChI is InChI=1S/C30H47NO5/c1-18(2)16-24(31-27(34)36-28(3,4)5)26(33)35-25-11-10-22-21-9-8-19-17-20(32)12-14-29(19,6)23(21)13-15-30(22,25)7/h17-18,21-25H,8-16H2,1-7H3,(H,31,34)/t21-,22-,23-,24-,25-,29-,30-/m0/s1. The Morgan fingerprint density at radius 3 is 2.44 bits per heavy atom. The molecule has 1 N–H and O–H groups in total. The van der Waals surface area contributed by atoms with Crippen LogP contribution >= 0.6 is 0 Å². The molecule has 0 aromatic heterocycles. The van der Waals surface area contributed by atoms with Crippen LogP contribution < -0.4 is 5.32 Å². The lowest BCUT2D eigenvalue weighted by molar-refractivity contribution is -0.162. The van der Waals surface area contributed by atoms with E-state index in [1.165, 1.54) is 5.57 Å². The average molecular weight is 502 g/mol. The smallest absolute Gasteiger partial charge is 0.408 e. The van der Waals surface area contributed by atoms with Crippen LogP contribution in [0, 0.1) is 34.5 Å². The first-order valence-electron chi connectivity index (χ1n) is 14.2. The van der Waals surface area contributed by atoms with Gasteiger partial charge in [0.2, 0.25) is 0 Å². The van der Waals surface area contributed by atoms with E-state index in [2.05, 4.69) is 19.2 Å². The SMILES string of the molecule is CC(C)C[C@H](NC(=O)OC(C)(C)C)C(=O)O[C@H]1CC[C@H]2[C@@H]3CCC4=CC(=O)CC[C@]4(C)[C@H]3CC[C@]12C. The minimum Gasteiger partial charge on any atom is -0.460 e. The zero-order chi connectivity index (χ0) is 26.5. The van der Waals surface area contributed by atoms with Gasteiger partial charge in [-0.2, -0.15) is 0 Å². The van der Waals surface area contributed by atoms with Crippen molar-refractivity contribution in [1.29, 1.82) is 0 Å². The van der Waals surface area contributed by atoms with Gasteiger partial charge < -0.3 is 14.8 Å². The molecule has 0 aromatic rings. The Labute approximate surface area is 217 Å². The maximum absolute atomic E-state index is 13.4. The third-order valence-electron chi connectivity index (χ3n) is 9.82. The first-order chi connectivity index (χ1) is 16.7. The van der Waals surface area contributed by atoms with Gasteiger partial charge in [-0.05, 0) is 107 Å². The summed E-state index contributed by atoms with van der Waals surface area (Å²) in [6, 6.07) is -0.708. The lowest BCUT2D eigenvalue weighted by Crippen LogP contribution is -2.52. The lowest BCUT2D eigenvalue weighted by Gasteiger charge is -2.57. The Morgan fingerprint density at radius 2 is 1.78 bits per heavy atom. The Hall–Kier alpha value is -1.85. The van der Waals surface area contributed by atoms with Crippen LogP contribution in [0.1, 0.15) is 106 Å². The number of carbonyl (C=O) groups excluding carboxylic acids is 3. The second kappa shape index (κ2) is 9.79. The van der Waals surface area contributed by atoms with E-state index in [-0.39, 0.29) is 28.8 Å². The zero-order valence-electron chi connectivity index (χ0n) is 23.4. The number of fused-ring (bicyclic) bond motifs is 5. The van der Waals surface area contributed by atoms with Crippen LogP contribution in [0.3, 0.4) is 0 Å². The molecule has 0 spiro atoms. The minimum absolute atomic E-state index is 0.0345. The van der Waals surface area contributed by atoms with E-state index in [9.17, 15) is 14.4 Å². The molecular weight excluding hydrogens is 454 g/mol. The minimum atomic E-state index is -0.708. The number of hydrogen-bond donors (Lipinski definition) is 1. The predicted molar refractivity (Wildman–Crippen MR) is 139 cm³/mol. The molecular formula is C30H47NO5. The van der Waals surface area contributed by atoms with Crippen molar-refractivity contribution in [2.75, 3.05) is 0 Å². The van der Waals surface area contributed by atoms with Crippen molar-refractivity contribution < 1.29 is 23.9 Å². The number of allylic oxidation sites excluding steroid dienone is 1. The van der Waals surface area contributed by atoms with E-state index in [1.54, 1.807) is 0 Å². The maximum Gasteiger partial charge on any atom is 0.408 e. The van der Waals surface area contributed by atoms with Crippen LogP contribution in [0.25, 0.3) is 0 Å². The molecule has 3 saturated carbocycles. The molecule has 4 rings (SSSR count). The van der Waals surface area contributed by atoms with Gasteiger partial charge in [0.1, 0.15) is 17.7 Å².